The maximum Gasteiger partial charge on any atom is 0.271 e. The van der Waals surface area contributed by atoms with Crippen molar-refractivity contribution in [3.63, 3.8) is 0 Å². The molecular formula is C12H16Cl2N2O3. The van der Waals surface area contributed by atoms with E-state index in [1.807, 2.05) is 0 Å². The number of ether oxygens (including phenoxy) is 1. The SMILES string of the molecule is COCCC(C)(O)CNC(=O)c1nc(Cl)ccc1Cl. The van der Waals surface area contributed by atoms with Crippen molar-refractivity contribution in [3.05, 3.63) is 28.0 Å². The second kappa shape index (κ2) is 7.05. The maximum atomic E-state index is 11.9. The molecule has 1 heterocycles. The third-order valence-corrected chi connectivity index (χ3v) is 3.02. The van der Waals surface area contributed by atoms with Crippen molar-refractivity contribution in [2.75, 3.05) is 20.3 Å². The summed E-state index contributed by atoms with van der Waals surface area (Å²) in [4.78, 5) is 15.7. The Balaban J connectivity index is 2.62. The first-order valence-corrected chi connectivity index (χ1v) is 6.43. The van der Waals surface area contributed by atoms with Gasteiger partial charge >= 0.3 is 0 Å². The minimum absolute atomic E-state index is 0.0386. The summed E-state index contributed by atoms with van der Waals surface area (Å²) >= 11 is 11.6. The highest BCUT2D eigenvalue weighted by Gasteiger charge is 2.22. The predicted octanol–water partition coefficient (Wildman–Crippen LogP) is 1.91. The van der Waals surface area contributed by atoms with Crippen LogP contribution in [0.25, 0.3) is 0 Å². The summed E-state index contributed by atoms with van der Waals surface area (Å²) in [7, 11) is 1.55. The molecule has 1 aromatic heterocycles. The van der Waals surface area contributed by atoms with Crippen LogP contribution in [0, 0.1) is 0 Å². The Morgan fingerprint density at radius 2 is 2.21 bits per heavy atom. The zero-order valence-electron chi connectivity index (χ0n) is 10.7. The van der Waals surface area contributed by atoms with E-state index in [0.717, 1.165) is 0 Å². The van der Waals surface area contributed by atoms with Gasteiger partial charge in [-0.05, 0) is 19.1 Å². The molecule has 0 aliphatic rings. The lowest BCUT2D eigenvalue weighted by atomic mass is 10.0. The van der Waals surface area contributed by atoms with Gasteiger partial charge in [-0.15, -0.1) is 0 Å². The number of halogens is 2. The van der Waals surface area contributed by atoms with Gasteiger partial charge in [-0.2, -0.15) is 0 Å². The summed E-state index contributed by atoms with van der Waals surface area (Å²) in [5.41, 5.74) is -1.02. The number of methoxy groups -OCH3 is 1. The van der Waals surface area contributed by atoms with E-state index in [-0.39, 0.29) is 22.4 Å². The van der Waals surface area contributed by atoms with Crippen LogP contribution in [0.3, 0.4) is 0 Å². The van der Waals surface area contributed by atoms with E-state index in [1.165, 1.54) is 12.1 Å². The number of nitrogens with zero attached hydrogens (tertiary/aromatic N) is 1. The Bertz CT molecular complexity index is 453. The fourth-order valence-electron chi connectivity index (χ4n) is 1.34. The minimum Gasteiger partial charge on any atom is -0.388 e. The smallest absolute Gasteiger partial charge is 0.271 e. The fourth-order valence-corrected chi connectivity index (χ4v) is 1.68. The molecule has 1 atom stereocenters. The molecule has 0 aliphatic carbocycles. The van der Waals surface area contributed by atoms with Crippen molar-refractivity contribution >= 4 is 29.1 Å². The van der Waals surface area contributed by atoms with E-state index >= 15 is 0 Å². The number of rotatable bonds is 6. The van der Waals surface area contributed by atoms with Crippen LogP contribution in [0.5, 0.6) is 0 Å². The van der Waals surface area contributed by atoms with Crippen molar-refractivity contribution < 1.29 is 14.6 Å². The summed E-state index contributed by atoms with van der Waals surface area (Å²) < 4.78 is 4.88. The molecule has 2 N–H and O–H groups in total. The molecule has 0 saturated heterocycles. The number of aliphatic hydroxyl groups is 1. The number of amides is 1. The maximum absolute atomic E-state index is 11.9. The molecule has 0 aliphatic heterocycles. The van der Waals surface area contributed by atoms with Gasteiger partial charge in [0.1, 0.15) is 10.8 Å². The molecule has 0 spiro atoms. The van der Waals surface area contributed by atoms with E-state index in [0.29, 0.717) is 13.0 Å². The summed E-state index contributed by atoms with van der Waals surface area (Å²) in [6, 6.07) is 2.99. The number of hydrogen-bond donors (Lipinski definition) is 2. The van der Waals surface area contributed by atoms with Crippen LogP contribution in [0.1, 0.15) is 23.8 Å². The van der Waals surface area contributed by atoms with Crippen molar-refractivity contribution in [3.8, 4) is 0 Å². The lowest BCUT2D eigenvalue weighted by Gasteiger charge is -2.23. The molecule has 5 nitrogen and oxygen atoms in total. The van der Waals surface area contributed by atoms with Gasteiger partial charge in [0.2, 0.25) is 0 Å². The third kappa shape index (κ3) is 5.32. The van der Waals surface area contributed by atoms with Gasteiger partial charge in [0.05, 0.1) is 10.6 Å². The molecule has 1 rings (SSSR count). The average molecular weight is 307 g/mol. The first kappa shape index (κ1) is 16.2. The van der Waals surface area contributed by atoms with Gasteiger partial charge in [0.15, 0.2) is 0 Å². The van der Waals surface area contributed by atoms with Crippen molar-refractivity contribution in [2.24, 2.45) is 0 Å². The molecule has 106 valence electrons. The molecule has 0 aromatic carbocycles. The zero-order valence-corrected chi connectivity index (χ0v) is 12.3. The molecule has 0 saturated carbocycles. The zero-order chi connectivity index (χ0) is 14.5. The second-order valence-electron chi connectivity index (χ2n) is 4.39. The lowest BCUT2D eigenvalue weighted by Crippen LogP contribution is -2.41. The molecule has 19 heavy (non-hydrogen) atoms. The van der Waals surface area contributed by atoms with Crippen LogP contribution in [-0.2, 0) is 4.74 Å². The first-order chi connectivity index (χ1) is 8.85. The highest BCUT2D eigenvalue weighted by Crippen LogP contribution is 2.17. The topological polar surface area (TPSA) is 71.5 Å². The highest BCUT2D eigenvalue weighted by atomic mass is 35.5. The summed E-state index contributed by atoms with van der Waals surface area (Å²) in [5.74, 6) is -0.481. The Hall–Kier alpha value is -0.880. The van der Waals surface area contributed by atoms with E-state index in [2.05, 4.69) is 10.3 Å². The average Bonchev–Trinajstić information content (AvgIpc) is 2.36. The van der Waals surface area contributed by atoms with Crippen molar-refractivity contribution in [1.82, 2.24) is 10.3 Å². The van der Waals surface area contributed by atoms with Gasteiger partial charge in [0, 0.05) is 26.7 Å². The third-order valence-electron chi connectivity index (χ3n) is 2.50. The van der Waals surface area contributed by atoms with E-state index in [1.54, 1.807) is 14.0 Å². The quantitative estimate of drug-likeness (QED) is 0.788. The summed E-state index contributed by atoms with van der Waals surface area (Å²) in [5, 5.41) is 12.9. The van der Waals surface area contributed by atoms with E-state index < -0.39 is 11.5 Å². The molecule has 7 heteroatoms. The normalized spacial score (nSPS) is 13.9. The van der Waals surface area contributed by atoms with E-state index in [4.69, 9.17) is 27.9 Å². The molecule has 0 radical (unpaired) electrons. The van der Waals surface area contributed by atoms with Crippen LogP contribution in [-0.4, -0.2) is 41.9 Å². The molecule has 0 fully saturated rings. The van der Waals surface area contributed by atoms with Gasteiger partial charge in [-0.25, -0.2) is 4.98 Å². The number of pyridine rings is 1. The van der Waals surface area contributed by atoms with Gasteiger partial charge < -0.3 is 15.2 Å². The lowest BCUT2D eigenvalue weighted by molar-refractivity contribution is 0.0243. The van der Waals surface area contributed by atoms with Crippen LogP contribution in [0.15, 0.2) is 12.1 Å². The van der Waals surface area contributed by atoms with E-state index in [9.17, 15) is 9.90 Å². The van der Waals surface area contributed by atoms with Gasteiger partial charge in [0.25, 0.3) is 5.91 Å². The van der Waals surface area contributed by atoms with Crippen LogP contribution in [0.4, 0.5) is 0 Å². The molecule has 1 aromatic rings. The van der Waals surface area contributed by atoms with Crippen molar-refractivity contribution in [2.45, 2.75) is 18.9 Å². The Labute approximate surface area is 121 Å². The monoisotopic (exact) mass is 306 g/mol. The highest BCUT2D eigenvalue weighted by molar-refractivity contribution is 6.34. The standard InChI is InChI=1S/C12H16Cl2N2O3/c1-12(18,5-6-19-2)7-15-11(17)10-8(13)3-4-9(14)16-10/h3-4,18H,5-7H2,1-2H3,(H,15,17). The first-order valence-electron chi connectivity index (χ1n) is 5.67. The second-order valence-corrected chi connectivity index (χ2v) is 5.18. The van der Waals surface area contributed by atoms with Gasteiger partial charge in [-0.3, -0.25) is 4.79 Å². The number of nitrogens with one attached hydrogen (secondary N) is 1. The largest absolute Gasteiger partial charge is 0.388 e. The summed E-state index contributed by atoms with van der Waals surface area (Å²) in [6.45, 7) is 2.08. The van der Waals surface area contributed by atoms with Crippen molar-refractivity contribution in [1.29, 1.82) is 0 Å². The van der Waals surface area contributed by atoms with Crippen LogP contribution in [0.2, 0.25) is 10.2 Å². The van der Waals surface area contributed by atoms with Crippen LogP contribution < -0.4 is 5.32 Å². The molecule has 1 unspecified atom stereocenters. The minimum atomic E-state index is -1.06. The Morgan fingerprint density at radius 3 is 2.84 bits per heavy atom. The van der Waals surface area contributed by atoms with Gasteiger partial charge in [-0.1, -0.05) is 23.2 Å². The summed E-state index contributed by atoms with van der Waals surface area (Å²) in [6.07, 6.45) is 0.403. The Morgan fingerprint density at radius 1 is 1.53 bits per heavy atom. The van der Waals surface area contributed by atoms with Crippen LogP contribution >= 0.6 is 23.2 Å². The number of hydrogen-bond acceptors (Lipinski definition) is 4. The number of carbonyl (C=O) groups is 1. The molecule has 0 bridgehead atoms. The number of carbonyl (C=O) groups excluding carboxylic acids is 1. The molecular weight excluding hydrogens is 291 g/mol. The predicted molar refractivity (Wildman–Crippen MR) is 73.7 cm³/mol. The Kier molecular flexibility index (Phi) is 6.00. The fraction of sp³-hybridized carbons (Fsp3) is 0.500. The number of aromatic nitrogens is 1. The molecule has 1 amide bonds.